The average Bonchev–Trinajstić information content (AvgIpc) is 3.07. The third-order valence-electron chi connectivity index (χ3n) is 7.57. The second-order valence-electron chi connectivity index (χ2n) is 10.5. The number of rotatable bonds is 15. The van der Waals surface area contributed by atoms with Crippen molar-refractivity contribution in [2.75, 3.05) is 33.4 Å². The summed E-state index contributed by atoms with van der Waals surface area (Å²) in [5, 5.41) is 9.45. The molecule has 0 bridgehead atoms. The van der Waals surface area contributed by atoms with Crippen molar-refractivity contribution in [3.05, 3.63) is 119 Å². The highest BCUT2D eigenvalue weighted by Gasteiger charge is 2.24. The van der Waals surface area contributed by atoms with Crippen LogP contribution in [-0.4, -0.2) is 66.0 Å². The highest BCUT2D eigenvalue weighted by Crippen LogP contribution is 2.31. The number of aliphatic carboxylic acids is 1. The minimum absolute atomic E-state index is 0.0396. The van der Waals surface area contributed by atoms with E-state index in [9.17, 15) is 19.5 Å². The van der Waals surface area contributed by atoms with Crippen LogP contribution in [0.2, 0.25) is 0 Å². The predicted molar refractivity (Wildman–Crippen MR) is 175 cm³/mol. The van der Waals surface area contributed by atoms with Crippen LogP contribution < -0.4 is 9.47 Å². The third-order valence-corrected chi connectivity index (χ3v) is 7.57. The first-order valence-corrected chi connectivity index (χ1v) is 15.2. The fourth-order valence-corrected chi connectivity index (χ4v) is 5.23. The maximum Gasteiger partial charge on any atom is 0.305 e. The Morgan fingerprint density at radius 1 is 0.689 bits per heavy atom. The Balaban J connectivity index is 1.64. The monoisotopic (exact) mass is 608 g/mol. The Morgan fingerprint density at radius 3 is 1.87 bits per heavy atom. The number of carbonyl (C=O) groups is 3. The molecular weight excluding hydrogens is 568 g/mol. The third kappa shape index (κ3) is 8.50. The van der Waals surface area contributed by atoms with Crippen molar-refractivity contribution in [2.45, 2.75) is 33.2 Å². The summed E-state index contributed by atoms with van der Waals surface area (Å²) in [6.45, 7) is 5.66. The van der Waals surface area contributed by atoms with Gasteiger partial charge in [-0.15, -0.1) is 0 Å². The lowest BCUT2D eigenvalue weighted by Gasteiger charge is -2.25. The predicted octanol–water partition coefficient (Wildman–Crippen LogP) is 6.58. The molecule has 0 saturated heterocycles. The summed E-state index contributed by atoms with van der Waals surface area (Å²) in [6.07, 6.45) is 0.289. The first kappa shape index (κ1) is 32.8. The molecule has 8 heteroatoms. The Kier molecular flexibility index (Phi) is 11.7. The first-order valence-electron chi connectivity index (χ1n) is 15.2. The maximum atomic E-state index is 14.1. The van der Waals surface area contributed by atoms with E-state index in [0.29, 0.717) is 66.4 Å². The van der Waals surface area contributed by atoms with E-state index in [-0.39, 0.29) is 24.8 Å². The smallest absolute Gasteiger partial charge is 0.305 e. The number of benzene rings is 4. The Bertz CT molecular complexity index is 1600. The lowest BCUT2D eigenvalue weighted by molar-refractivity contribution is -0.137. The van der Waals surface area contributed by atoms with Crippen molar-refractivity contribution in [1.82, 2.24) is 9.80 Å². The number of carboxylic acid groups (broad SMARTS) is 1. The summed E-state index contributed by atoms with van der Waals surface area (Å²) < 4.78 is 11.1. The van der Waals surface area contributed by atoms with Gasteiger partial charge in [0.05, 0.1) is 20.1 Å². The van der Waals surface area contributed by atoms with E-state index in [2.05, 4.69) is 0 Å². The number of amides is 2. The second-order valence-corrected chi connectivity index (χ2v) is 10.5. The van der Waals surface area contributed by atoms with Crippen molar-refractivity contribution in [3.8, 4) is 22.6 Å². The lowest BCUT2D eigenvalue weighted by Crippen LogP contribution is -2.35. The summed E-state index contributed by atoms with van der Waals surface area (Å²) in [4.78, 5) is 42.9. The molecule has 0 unspecified atom stereocenters. The maximum absolute atomic E-state index is 14.1. The van der Waals surface area contributed by atoms with Gasteiger partial charge in [0.25, 0.3) is 11.8 Å². The average molecular weight is 609 g/mol. The van der Waals surface area contributed by atoms with Crippen LogP contribution in [0, 0.1) is 0 Å². The number of carboxylic acids is 1. The van der Waals surface area contributed by atoms with E-state index < -0.39 is 5.97 Å². The number of methoxy groups -OCH3 is 1. The molecule has 2 amide bonds. The molecule has 0 spiro atoms. The van der Waals surface area contributed by atoms with E-state index in [0.717, 1.165) is 11.1 Å². The molecule has 0 aliphatic rings. The molecule has 45 heavy (non-hydrogen) atoms. The molecule has 0 saturated carbocycles. The molecule has 0 heterocycles. The Morgan fingerprint density at radius 2 is 1.29 bits per heavy atom. The zero-order valence-corrected chi connectivity index (χ0v) is 26.1. The van der Waals surface area contributed by atoms with E-state index in [1.807, 2.05) is 92.7 Å². The largest absolute Gasteiger partial charge is 0.493 e. The summed E-state index contributed by atoms with van der Waals surface area (Å²) in [5.41, 5.74) is 4.11. The van der Waals surface area contributed by atoms with E-state index in [1.54, 1.807) is 35.1 Å². The van der Waals surface area contributed by atoms with Gasteiger partial charge in [-0.2, -0.15) is 0 Å². The fourth-order valence-electron chi connectivity index (χ4n) is 5.23. The molecule has 1 N–H and O–H groups in total. The van der Waals surface area contributed by atoms with Gasteiger partial charge in [-0.1, -0.05) is 72.8 Å². The highest BCUT2D eigenvalue weighted by molar-refractivity contribution is 6.06. The molecule has 0 atom stereocenters. The molecule has 0 aliphatic carbocycles. The quantitative estimate of drug-likeness (QED) is 0.164. The number of hydrogen-bond acceptors (Lipinski definition) is 5. The normalized spacial score (nSPS) is 10.6. The van der Waals surface area contributed by atoms with Gasteiger partial charge in [-0.25, -0.2) is 0 Å². The van der Waals surface area contributed by atoms with Crippen LogP contribution in [-0.2, 0) is 17.8 Å². The SMILES string of the molecule is CCOc1ccc(CCN(CCC(=O)O)C(=O)c2ccccc2-c2ccccc2C(=O)N(CC)Cc2ccccc2)cc1OC. The van der Waals surface area contributed by atoms with Gasteiger partial charge in [-0.05, 0) is 66.8 Å². The minimum Gasteiger partial charge on any atom is -0.493 e. The molecule has 0 fully saturated rings. The molecule has 0 aromatic heterocycles. The van der Waals surface area contributed by atoms with E-state index >= 15 is 0 Å². The van der Waals surface area contributed by atoms with Crippen LogP contribution in [0.1, 0.15) is 52.1 Å². The standard InChI is InChI=1S/C37H40N2O6/c1-4-38(26-28-13-7-6-8-14-28)36(42)31-17-11-9-15-29(31)30-16-10-12-18-32(30)37(43)39(24-22-35(40)41)23-21-27-19-20-33(45-5-2)34(25-27)44-3/h6-20,25H,4-5,21-24,26H2,1-3H3,(H,40,41). The van der Waals surface area contributed by atoms with Crippen molar-refractivity contribution in [3.63, 3.8) is 0 Å². The zero-order valence-electron chi connectivity index (χ0n) is 26.1. The van der Waals surface area contributed by atoms with Crippen LogP contribution in [0.3, 0.4) is 0 Å². The Hall–Kier alpha value is -5.11. The Labute approximate surface area is 264 Å². The van der Waals surface area contributed by atoms with Crippen LogP contribution in [0.4, 0.5) is 0 Å². The highest BCUT2D eigenvalue weighted by atomic mass is 16.5. The van der Waals surface area contributed by atoms with Gasteiger partial charge in [0.2, 0.25) is 0 Å². The molecule has 4 rings (SSSR count). The number of nitrogens with zero attached hydrogens (tertiary/aromatic N) is 2. The van der Waals surface area contributed by atoms with E-state index in [1.165, 1.54) is 0 Å². The minimum atomic E-state index is -0.988. The molecular formula is C37H40N2O6. The fraction of sp³-hybridized carbons (Fsp3) is 0.270. The van der Waals surface area contributed by atoms with Gasteiger partial charge in [0.1, 0.15) is 0 Å². The van der Waals surface area contributed by atoms with Crippen molar-refractivity contribution in [1.29, 1.82) is 0 Å². The van der Waals surface area contributed by atoms with Gasteiger partial charge >= 0.3 is 5.97 Å². The van der Waals surface area contributed by atoms with Gasteiger partial charge in [0, 0.05) is 37.3 Å². The van der Waals surface area contributed by atoms with Crippen LogP contribution in [0.5, 0.6) is 11.5 Å². The van der Waals surface area contributed by atoms with Crippen LogP contribution in [0.15, 0.2) is 97.1 Å². The topological polar surface area (TPSA) is 96.4 Å². The summed E-state index contributed by atoms with van der Waals surface area (Å²) in [7, 11) is 1.57. The molecule has 4 aromatic carbocycles. The van der Waals surface area contributed by atoms with E-state index in [4.69, 9.17) is 9.47 Å². The van der Waals surface area contributed by atoms with Gasteiger partial charge in [0.15, 0.2) is 11.5 Å². The molecule has 234 valence electrons. The summed E-state index contributed by atoms with van der Waals surface area (Å²) in [5.74, 6) is -0.194. The van der Waals surface area contributed by atoms with Gasteiger partial charge in [-0.3, -0.25) is 14.4 Å². The van der Waals surface area contributed by atoms with Crippen molar-refractivity contribution >= 4 is 17.8 Å². The summed E-state index contributed by atoms with van der Waals surface area (Å²) >= 11 is 0. The van der Waals surface area contributed by atoms with Crippen molar-refractivity contribution in [2.24, 2.45) is 0 Å². The zero-order chi connectivity index (χ0) is 32.2. The number of ether oxygens (including phenoxy) is 2. The number of carbonyl (C=O) groups excluding carboxylic acids is 2. The van der Waals surface area contributed by atoms with Gasteiger partial charge < -0.3 is 24.4 Å². The van der Waals surface area contributed by atoms with Crippen molar-refractivity contribution < 1.29 is 29.0 Å². The number of hydrogen-bond donors (Lipinski definition) is 1. The summed E-state index contributed by atoms with van der Waals surface area (Å²) in [6, 6.07) is 29.9. The lowest BCUT2D eigenvalue weighted by atomic mass is 9.93. The molecule has 0 aliphatic heterocycles. The molecule has 8 nitrogen and oxygen atoms in total. The molecule has 0 radical (unpaired) electrons. The van der Waals surface area contributed by atoms with Crippen LogP contribution >= 0.6 is 0 Å². The first-order chi connectivity index (χ1) is 21.9. The molecule has 4 aromatic rings. The second kappa shape index (κ2) is 16.1. The van der Waals surface area contributed by atoms with Crippen LogP contribution in [0.25, 0.3) is 11.1 Å².